The normalized spacial score (nSPS) is 14.5. The molecule has 0 saturated heterocycles. The number of nitrogens with one attached hydrogen (secondary N) is 2. The summed E-state index contributed by atoms with van der Waals surface area (Å²) in [5.41, 5.74) is 1.18. The largest absolute Gasteiger partial charge is 0.452 e. The molecule has 0 aliphatic carbocycles. The van der Waals surface area contributed by atoms with E-state index in [1.165, 1.54) is 7.11 Å². The molecule has 2 N–H and O–H groups in total. The van der Waals surface area contributed by atoms with Crippen LogP contribution in [0.4, 0.5) is 29.5 Å². The number of halogens is 3. The van der Waals surface area contributed by atoms with Crippen LogP contribution in [0.2, 0.25) is 0 Å². The van der Waals surface area contributed by atoms with Gasteiger partial charge in [0.25, 0.3) is 0 Å². The Labute approximate surface area is 182 Å². The van der Waals surface area contributed by atoms with Gasteiger partial charge in [0, 0.05) is 27.2 Å². The molecular weight excluding hydrogens is 429 g/mol. The molecule has 1 atom stereocenters. The number of nitrogens with zero attached hydrogens (tertiary/aromatic N) is 2. The number of fused-ring (bicyclic) bond motifs is 1. The summed E-state index contributed by atoms with van der Waals surface area (Å²) in [7, 11) is 1.35. The Balaban J connectivity index is 1.88. The highest BCUT2D eigenvalue weighted by molar-refractivity contribution is 6.08. The van der Waals surface area contributed by atoms with Crippen molar-refractivity contribution in [1.82, 2.24) is 10.3 Å². The monoisotopic (exact) mass is 452 g/mol. The standard InChI is InChI=1S/C21H23F3N4O4/c1-11-5-15-19(25-8-11)28(9-17(29)26-15)20(30)27-16(10-31-4)12-6-13(22)18(14(23)7-12)32-21(2,3)24/h5-8,16H,9-10H2,1-4H3,(H,26,29)(H,27,30). The molecule has 0 fully saturated rings. The van der Waals surface area contributed by atoms with E-state index in [1.807, 2.05) is 0 Å². The van der Waals surface area contributed by atoms with Gasteiger partial charge in [-0.1, -0.05) is 0 Å². The fourth-order valence-electron chi connectivity index (χ4n) is 3.18. The van der Waals surface area contributed by atoms with Crippen molar-refractivity contribution in [2.45, 2.75) is 32.7 Å². The van der Waals surface area contributed by atoms with E-state index < -0.39 is 41.2 Å². The van der Waals surface area contributed by atoms with E-state index >= 15 is 0 Å². The molecule has 0 radical (unpaired) electrons. The van der Waals surface area contributed by atoms with Crippen LogP contribution in [0.1, 0.15) is 31.0 Å². The number of anilines is 2. The maximum atomic E-state index is 14.5. The van der Waals surface area contributed by atoms with E-state index in [1.54, 1.807) is 19.2 Å². The molecule has 1 aliphatic rings. The summed E-state index contributed by atoms with van der Waals surface area (Å²) in [5.74, 6) is -5.63. The number of ether oxygens (including phenoxy) is 2. The molecule has 1 aromatic carbocycles. The molecule has 1 aliphatic heterocycles. The first-order chi connectivity index (χ1) is 15.0. The van der Waals surface area contributed by atoms with Crippen molar-refractivity contribution in [3.63, 3.8) is 0 Å². The van der Waals surface area contributed by atoms with Crippen molar-refractivity contribution in [1.29, 1.82) is 0 Å². The average molecular weight is 452 g/mol. The van der Waals surface area contributed by atoms with E-state index in [0.29, 0.717) is 5.69 Å². The molecule has 3 amide bonds. The van der Waals surface area contributed by atoms with E-state index in [0.717, 1.165) is 36.4 Å². The van der Waals surface area contributed by atoms with E-state index in [9.17, 15) is 22.8 Å². The van der Waals surface area contributed by atoms with Gasteiger partial charge in [-0.3, -0.25) is 9.69 Å². The molecule has 2 aromatic rings. The van der Waals surface area contributed by atoms with Crippen LogP contribution in [0.3, 0.4) is 0 Å². The summed E-state index contributed by atoms with van der Waals surface area (Å²) in [6.45, 7) is 3.38. The third kappa shape index (κ3) is 5.28. The molecule has 2 heterocycles. The average Bonchev–Trinajstić information content (AvgIpc) is 2.68. The second-order valence-electron chi connectivity index (χ2n) is 7.75. The molecule has 172 valence electrons. The Morgan fingerprint density at radius 2 is 1.97 bits per heavy atom. The maximum Gasteiger partial charge on any atom is 0.324 e. The Kier molecular flexibility index (Phi) is 6.58. The van der Waals surface area contributed by atoms with Crippen molar-refractivity contribution < 1.29 is 32.2 Å². The third-order valence-corrected chi connectivity index (χ3v) is 4.48. The molecule has 8 nitrogen and oxygen atoms in total. The number of hydrogen-bond acceptors (Lipinski definition) is 5. The van der Waals surface area contributed by atoms with Gasteiger partial charge in [0.1, 0.15) is 6.54 Å². The van der Waals surface area contributed by atoms with Crippen LogP contribution in [0, 0.1) is 18.6 Å². The number of benzene rings is 1. The Hall–Kier alpha value is -3.34. The smallest absolute Gasteiger partial charge is 0.324 e. The van der Waals surface area contributed by atoms with Crippen molar-refractivity contribution in [2.24, 2.45) is 0 Å². The second-order valence-corrected chi connectivity index (χ2v) is 7.75. The van der Waals surface area contributed by atoms with Gasteiger partial charge in [-0.15, -0.1) is 0 Å². The highest BCUT2D eigenvalue weighted by Crippen LogP contribution is 2.31. The van der Waals surface area contributed by atoms with Crippen LogP contribution in [-0.4, -0.2) is 43.0 Å². The number of carbonyl (C=O) groups is 2. The quantitative estimate of drug-likeness (QED) is 0.699. The number of aromatic nitrogens is 1. The number of amides is 3. The predicted octanol–water partition coefficient (Wildman–Crippen LogP) is 3.61. The second kappa shape index (κ2) is 9.03. The third-order valence-electron chi connectivity index (χ3n) is 4.48. The number of hydrogen-bond donors (Lipinski definition) is 2. The van der Waals surface area contributed by atoms with Gasteiger partial charge in [0.2, 0.25) is 11.8 Å². The zero-order valence-corrected chi connectivity index (χ0v) is 18.0. The molecule has 1 aromatic heterocycles. The maximum absolute atomic E-state index is 14.5. The van der Waals surface area contributed by atoms with E-state index in [2.05, 4.69) is 15.6 Å². The minimum Gasteiger partial charge on any atom is -0.452 e. The minimum absolute atomic E-state index is 0.0257. The number of urea groups is 1. The van der Waals surface area contributed by atoms with Crippen LogP contribution in [0.15, 0.2) is 24.4 Å². The van der Waals surface area contributed by atoms with Gasteiger partial charge in [-0.05, 0) is 36.2 Å². The van der Waals surface area contributed by atoms with Gasteiger partial charge in [0.05, 0.1) is 18.3 Å². The summed E-state index contributed by atoms with van der Waals surface area (Å²) < 4.78 is 52.4. The lowest BCUT2D eigenvalue weighted by molar-refractivity contribution is -0.115. The topological polar surface area (TPSA) is 92.8 Å². The molecule has 32 heavy (non-hydrogen) atoms. The number of alkyl halides is 1. The Bertz CT molecular complexity index is 1020. The minimum atomic E-state index is -2.29. The highest BCUT2D eigenvalue weighted by atomic mass is 19.2. The number of rotatable bonds is 6. The van der Waals surface area contributed by atoms with Gasteiger partial charge in [-0.25, -0.2) is 18.6 Å². The van der Waals surface area contributed by atoms with E-state index in [4.69, 9.17) is 9.47 Å². The van der Waals surface area contributed by atoms with Gasteiger partial charge >= 0.3 is 6.03 Å². The molecule has 3 rings (SSSR count). The molecule has 11 heteroatoms. The lowest BCUT2D eigenvalue weighted by Gasteiger charge is -2.30. The SMILES string of the molecule is COCC(NC(=O)N1CC(=O)Nc2cc(C)cnc21)c1cc(F)c(OC(C)(C)F)c(F)c1. The van der Waals surface area contributed by atoms with Crippen molar-refractivity contribution in [3.05, 3.63) is 47.2 Å². The molecule has 1 unspecified atom stereocenters. The lowest BCUT2D eigenvalue weighted by Crippen LogP contribution is -2.49. The predicted molar refractivity (Wildman–Crippen MR) is 110 cm³/mol. The van der Waals surface area contributed by atoms with Crippen LogP contribution >= 0.6 is 0 Å². The van der Waals surface area contributed by atoms with Gasteiger partial charge in [-0.2, -0.15) is 4.39 Å². The van der Waals surface area contributed by atoms with Crippen molar-refractivity contribution >= 4 is 23.4 Å². The van der Waals surface area contributed by atoms with E-state index in [-0.39, 0.29) is 24.5 Å². The zero-order chi connectivity index (χ0) is 23.6. The zero-order valence-electron chi connectivity index (χ0n) is 18.0. The number of methoxy groups -OCH3 is 1. The Morgan fingerprint density at radius 3 is 2.56 bits per heavy atom. The van der Waals surface area contributed by atoms with Crippen LogP contribution in [-0.2, 0) is 9.53 Å². The molecular formula is C21H23F3N4O4. The summed E-state index contributed by atoms with van der Waals surface area (Å²) in [6, 6.07) is 1.81. The van der Waals surface area contributed by atoms with Crippen molar-refractivity contribution in [3.8, 4) is 5.75 Å². The summed E-state index contributed by atoms with van der Waals surface area (Å²) in [4.78, 5) is 30.3. The summed E-state index contributed by atoms with van der Waals surface area (Å²) in [6.07, 6.45) is 1.54. The fraction of sp³-hybridized carbons (Fsp3) is 0.381. The first-order valence-electron chi connectivity index (χ1n) is 9.69. The lowest BCUT2D eigenvalue weighted by atomic mass is 10.1. The van der Waals surface area contributed by atoms with Gasteiger partial charge in [0.15, 0.2) is 23.2 Å². The first-order valence-corrected chi connectivity index (χ1v) is 9.69. The Morgan fingerprint density at radius 1 is 1.31 bits per heavy atom. The van der Waals surface area contributed by atoms with Gasteiger partial charge < -0.3 is 20.1 Å². The molecule has 0 spiro atoms. The van der Waals surface area contributed by atoms with Crippen LogP contribution in [0.25, 0.3) is 0 Å². The fourth-order valence-corrected chi connectivity index (χ4v) is 3.18. The van der Waals surface area contributed by atoms with Crippen LogP contribution < -0.4 is 20.3 Å². The highest BCUT2D eigenvalue weighted by Gasteiger charge is 2.31. The number of aryl methyl sites for hydroxylation is 1. The molecule has 0 saturated carbocycles. The van der Waals surface area contributed by atoms with Crippen LogP contribution in [0.5, 0.6) is 5.75 Å². The number of pyridine rings is 1. The van der Waals surface area contributed by atoms with Crippen molar-refractivity contribution in [2.75, 3.05) is 30.5 Å². The molecule has 0 bridgehead atoms. The first kappa shape index (κ1) is 23.3. The summed E-state index contributed by atoms with van der Waals surface area (Å²) in [5, 5.41) is 5.24. The summed E-state index contributed by atoms with van der Waals surface area (Å²) >= 11 is 0. The number of carbonyl (C=O) groups excluding carboxylic acids is 2.